The molecule has 0 fully saturated rings. The second-order valence-electron chi connectivity index (χ2n) is 5.32. The zero-order chi connectivity index (χ0) is 15.2. The van der Waals surface area contributed by atoms with Crippen LogP contribution in [0.2, 0.25) is 0 Å². The number of hydrogen-bond donors (Lipinski definition) is 1. The van der Waals surface area contributed by atoms with Gasteiger partial charge in [0.2, 0.25) is 10.0 Å². The molecule has 4 nitrogen and oxygen atoms in total. The van der Waals surface area contributed by atoms with Crippen molar-refractivity contribution in [3.8, 4) is 0 Å². The second-order valence-corrected chi connectivity index (χ2v) is 7.25. The number of aliphatic hydroxyl groups is 1. The van der Waals surface area contributed by atoms with Crippen LogP contribution in [-0.2, 0) is 16.4 Å². The Morgan fingerprint density at radius 1 is 1.20 bits per heavy atom. The lowest BCUT2D eigenvalue weighted by molar-refractivity contribution is 0.271. The van der Waals surface area contributed by atoms with Gasteiger partial charge in [-0.3, -0.25) is 0 Å². The molecule has 1 N–H and O–H groups in total. The van der Waals surface area contributed by atoms with E-state index in [4.69, 9.17) is 5.11 Å². The minimum absolute atomic E-state index is 0.000649. The highest BCUT2D eigenvalue weighted by atomic mass is 32.2. The van der Waals surface area contributed by atoms with E-state index in [1.807, 2.05) is 19.1 Å². The Morgan fingerprint density at radius 3 is 2.25 bits per heavy atom. The van der Waals surface area contributed by atoms with Gasteiger partial charge < -0.3 is 5.11 Å². The molecule has 20 heavy (non-hydrogen) atoms. The predicted molar refractivity (Wildman–Crippen MR) is 81.1 cm³/mol. The van der Waals surface area contributed by atoms with Crippen molar-refractivity contribution in [2.75, 3.05) is 19.7 Å². The third-order valence-corrected chi connectivity index (χ3v) is 5.11. The topological polar surface area (TPSA) is 57.6 Å². The van der Waals surface area contributed by atoms with Crippen molar-refractivity contribution in [2.45, 2.75) is 38.5 Å². The molecule has 0 aliphatic carbocycles. The Bertz CT molecular complexity index is 494. The number of rotatable bonds is 8. The van der Waals surface area contributed by atoms with Gasteiger partial charge in [-0.15, -0.1) is 0 Å². The maximum absolute atomic E-state index is 12.4. The summed E-state index contributed by atoms with van der Waals surface area (Å²) < 4.78 is 26.3. The normalized spacial score (nSPS) is 12.3. The van der Waals surface area contributed by atoms with Crippen LogP contribution in [0.5, 0.6) is 0 Å². The van der Waals surface area contributed by atoms with E-state index < -0.39 is 10.0 Å². The molecule has 0 spiro atoms. The monoisotopic (exact) mass is 299 g/mol. The van der Waals surface area contributed by atoms with Gasteiger partial charge >= 0.3 is 0 Å². The van der Waals surface area contributed by atoms with Crippen molar-refractivity contribution >= 4 is 10.0 Å². The maximum atomic E-state index is 12.4. The zero-order valence-electron chi connectivity index (χ0n) is 12.5. The van der Waals surface area contributed by atoms with E-state index in [-0.39, 0.29) is 6.61 Å². The van der Waals surface area contributed by atoms with Gasteiger partial charge in [-0.2, -0.15) is 4.31 Å². The Kier molecular flexibility index (Phi) is 6.65. The highest BCUT2D eigenvalue weighted by Crippen LogP contribution is 2.18. The fraction of sp³-hybridized carbons (Fsp3) is 0.600. The van der Waals surface area contributed by atoms with Crippen LogP contribution >= 0.6 is 0 Å². The van der Waals surface area contributed by atoms with Gasteiger partial charge in [0, 0.05) is 19.7 Å². The lowest BCUT2D eigenvalue weighted by Crippen LogP contribution is -2.32. The molecule has 5 heteroatoms. The summed E-state index contributed by atoms with van der Waals surface area (Å²) in [5, 5.41) is 8.85. The third-order valence-electron chi connectivity index (χ3n) is 3.12. The number of nitrogens with zero attached hydrogens (tertiary/aromatic N) is 1. The number of benzene rings is 1. The summed E-state index contributed by atoms with van der Waals surface area (Å²) in [6, 6.07) is 7.11. The van der Waals surface area contributed by atoms with E-state index in [0.29, 0.717) is 30.3 Å². The first kappa shape index (κ1) is 17.1. The Labute approximate surface area is 122 Å². The lowest BCUT2D eigenvalue weighted by atomic mass is 10.0. The van der Waals surface area contributed by atoms with Crippen LogP contribution in [-0.4, -0.2) is 37.5 Å². The molecule has 0 aromatic heterocycles. The molecule has 0 amide bonds. The molecule has 0 bridgehead atoms. The number of hydrogen-bond acceptors (Lipinski definition) is 3. The molecule has 1 rings (SSSR count). The average molecular weight is 299 g/mol. The Morgan fingerprint density at radius 2 is 1.80 bits per heavy atom. The first-order chi connectivity index (χ1) is 9.41. The van der Waals surface area contributed by atoms with Gasteiger partial charge in [0.05, 0.1) is 4.90 Å². The van der Waals surface area contributed by atoms with E-state index in [1.54, 1.807) is 12.1 Å². The molecule has 0 radical (unpaired) electrons. The summed E-state index contributed by atoms with van der Waals surface area (Å²) in [5.41, 5.74) is 1.15. The summed E-state index contributed by atoms with van der Waals surface area (Å²) in [6.07, 6.45) is 1.40. The number of aliphatic hydroxyl groups excluding tert-OH is 1. The molecule has 0 saturated carbocycles. The second kappa shape index (κ2) is 7.76. The lowest BCUT2D eigenvalue weighted by Gasteiger charge is -2.20. The van der Waals surface area contributed by atoms with Crippen LogP contribution < -0.4 is 0 Å². The van der Waals surface area contributed by atoms with Crippen LogP contribution in [0.25, 0.3) is 0 Å². The van der Waals surface area contributed by atoms with Crippen molar-refractivity contribution in [2.24, 2.45) is 5.92 Å². The Hall–Kier alpha value is -0.910. The zero-order valence-corrected chi connectivity index (χ0v) is 13.4. The maximum Gasteiger partial charge on any atom is 0.243 e. The van der Waals surface area contributed by atoms with Crippen LogP contribution in [0, 0.1) is 5.92 Å². The summed E-state index contributed by atoms with van der Waals surface area (Å²) in [4.78, 5) is 0.324. The minimum Gasteiger partial charge on any atom is -0.396 e. The first-order valence-corrected chi connectivity index (χ1v) is 8.55. The third kappa shape index (κ3) is 4.58. The van der Waals surface area contributed by atoms with E-state index in [0.717, 1.165) is 12.0 Å². The highest BCUT2D eigenvalue weighted by molar-refractivity contribution is 7.89. The smallest absolute Gasteiger partial charge is 0.243 e. The van der Waals surface area contributed by atoms with E-state index in [1.165, 1.54) is 4.31 Å². The standard InChI is InChI=1S/C15H25NO3S/c1-4-16(10-5-11-17)20(18,19)15-8-6-14(7-9-15)12-13(2)3/h6-9,13,17H,4-5,10-12H2,1-3H3. The van der Waals surface area contributed by atoms with Crippen molar-refractivity contribution < 1.29 is 13.5 Å². The molecule has 1 aromatic rings. The van der Waals surface area contributed by atoms with Crippen LogP contribution in [0.4, 0.5) is 0 Å². The molecule has 0 atom stereocenters. The van der Waals surface area contributed by atoms with Gasteiger partial charge in [-0.05, 0) is 36.5 Å². The molecule has 0 heterocycles. The molecular weight excluding hydrogens is 274 g/mol. The fourth-order valence-corrected chi connectivity index (χ4v) is 3.60. The van der Waals surface area contributed by atoms with Gasteiger partial charge in [0.1, 0.15) is 0 Å². The van der Waals surface area contributed by atoms with Crippen LogP contribution in [0.1, 0.15) is 32.8 Å². The van der Waals surface area contributed by atoms with Crippen LogP contribution in [0.3, 0.4) is 0 Å². The van der Waals surface area contributed by atoms with Crippen molar-refractivity contribution in [1.82, 2.24) is 4.31 Å². The first-order valence-electron chi connectivity index (χ1n) is 7.11. The molecular formula is C15H25NO3S. The molecule has 0 aliphatic rings. The summed E-state index contributed by atoms with van der Waals surface area (Å²) in [5.74, 6) is 0.550. The molecule has 1 aromatic carbocycles. The van der Waals surface area contributed by atoms with Gasteiger partial charge in [-0.1, -0.05) is 32.9 Å². The van der Waals surface area contributed by atoms with Crippen molar-refractivity contribution in [3.05, 3.63) is 29.8 Å². The van der Waals surface area contributed by atoms with E-state index in [2.05, 4.69) is 13.8 Å². The van der Waals surface area contributed by atoms with Crippen LogP contribution in [0.15, 0.2) is 29.2 Å². The molecule has 0 aliphatic heterocycles. The SMILES string of the molecule is CCN(CCCO)S(=O)(=O)c1ccc(CC(C)C)cc1. The molecule has 0 unspecified atom stereocenters. The summed E-state index contributed by atoms with van der Waals surface area (Å²) in [6.45, 7) is 6.84. The van der Waals surface area contributed by atoms with E-state index >= 15 is 0 Å². The Balaban J connectivity index is 2.91. The van der Waals surface area contributed by atoms with Crippen molar-refractivity contribution in [1.29, 1.82) is 0 Å². The largest absolute Gasteiger partial charge is 0.396 e. The van der Waals surface area contributed by atoms with Gasteiger partial charge in [0.15, 0.2) is 0 Å². The van der Waals surface area contributed by atoms with E-state index in [9.17, 15) is 8.42 Å². The summed E-state index contributed by atoms with van der Waals surface area (Å²) in [7, 11) is -3.45. The quantitative estimate of drug-likeness (QED) is 0.801. The number of sulfonamides is 1. The molecule has 0 saturated heterocycles. The fourth-order valence-electron chi connectivity index (χ4n) is 2.11. The summed E-state index contributed by atoms with van der Waals surface area (Å²) >= 11 is 0. The average Bonchev–Trinajstić information content (AvgIpc) is 2.39. The van der Waals surface area contributed by atoms with Gasteiger partial charge in [0.25, 0.3) is 0 Å². The molecule has 114 valence electrons. The minimum atomic E-state index is -3.45. The van der Waals surface area contributed by atoms with Gasteiger partial charge in [-0.25, -0.2) is 8.42 Å². The predicted octanol–water partition coefficient (Wildman–Crippen LogP) is 2.28. The van der Waals surface area contributed by atoms with Crippen molar-refractivity contribution in [3.63, 3.8) is 0 Å². The highest BCUT2D eigenvalue weighted by Gasteiger charge is 2.22.